The molecule has 1 atom stereocenters. The minimum atomic E-state index is -0.390. The molecule has 132 valence electrons. The van der Waals surface area contributed by atoms with E-state index >= 15 is 0 Å². The van der Waals surface area contributed by atoms with Gasteiger partial charge >= 0.3 is 5.97 Å². The van der Waals surface area contributed by atoms with E-state index in [2.05, 4.69) is 36.2 Å². The number of aromatic amines is 1. The van der Waals surface area contributed by atoms with Crippen LogP contribution in [-0.2, 0) is 17.6 Å². The Labute approximate surface area is 148 Å². The molecule has 1 aromatic carbocycles. The number of aryl methyl sites for hydroxylation is 1. The minimum Gasteiger partial charge on any atom is -0.458 e. The van der Waals surface area contributed by atoms with E-state index in [1.165, 1.54) is 11.1 Å². The standard InChI is InChI=1S/C21H25NO3/c1-5-14-6-8-15(9-7-14)16-10-17-19(18(23)11-16)13(4)20(22-17)21(24)25-12(2)3/h6-9,12,16,22H,5,10-11H2,1-4H3/t16-/m1/s1. The van der Waals surface area contributed by atoms with Crippen LogP contribution in [0.5, 0.6) is 0 Å². The number of benzene rings is 1. The van der Waals surface area contributed by atoms with Crippen molar-refractivity contribution in [2.75, 3.05) is 0 Å². The average Bonchev–Trinajstić information content (AvgIpc) is 2.91. The summed E-state index contributed by atoms with van der Waals surface area (Å²) in [5.74, 6) is -0.139. The molecule has 3 rings (SSSR count). The van der Waals surface area contributed by atoms with Gasteiger partial charge in [0.2, 0.25) is 0 Å². The Balaban J connectivity index is 1.89. The number of carbonyl (C=O) groups excluding carboxylic acids is 2. The lowest BCUT2D eigenvalue weighted by atomic mass is 9.81. The first-order chi connectivity index (χ1) is 11.9. The van der Waals surface area contributed by atoms with Gasteiger partial charge < -0.3 is 9.72 Å². The lowest BCUT2D eigenvalue weighted by Crippen LogP contribution is -2.18. The minimum absolute atomic E-state index is 0.100. The molecular weight excluding hydrogens is 314 g/mol. The molecule has 4 nitrogen and oxygen atoms in total. The number of fused-ring (bicyclic) bond motifs is 1. The van der Waals surface area contributed by atoms with Crippen molar-refractivity contribution in [3.8, 4) is 0 Å². The van der Waals surface area contributed by atoms with Crippen LogP contribution in [0.1, 0.15) is 76.3 Å². The summed E-state index contributed by atoms with van der Waals surface area (Å²) in [6.07, 6.45) is 2.04. The third-order valence-corrected chi connectivity index (χ3v) is 4.90. The van der Waals surface area contributed by atoms with E-state index in [0.29, 0.717) is 23.2 Å². The highest BCUT2D eigenvalue weighted by atomic mass is 16.5. The van der Waals surface area contributed by atoms with Crippen molar-refractivity contribution in [3.05, 3.63) is 57.9 Å². The van der Waals surface area contributed by atoms with Crippen LogP contribution in [0.3, 0.4) is 0 Å². The summed E-state index contributed by atoms with van der Waals surface area (Å²) in [7, 11) is 0. The van der Waals surface area contributed by atoms with Gasteiger partial charge in [0, 0.05) is 17.7 Å². The summed E-state index contributed by atoms with van der Waals surface area (Å²) >= 11 is 0. The molecule has 1 aliphatic carbocycles. The van der Waals surface area contributed by atoms with Gasteiger partial charge in [0.15, 0.2) is 5.78 Å². The second-order valence-corrected chi connectivity index (χ2v) is 7.06. The van der Waals surface area contributed by atoms with Crippen LogP contribution in [0.15, 0.2) is 24.3 Å². The highest BCUT2D eigenvalue weighted by molar-refractivity contribution is 6.03. The third kappa shape index (κ3) is 3.39. The van der Waals surface area contributed by atoms with Gasteiger partial charge in [-0.2, -0.15) is 0 Å². The van der Waals surface area contributed by atoms with Gasteiger partial charge in [-0.15, -0.1) is 0 Å². The fraction of sp³-hybridized carbons (Fsp3) is 0.429. The number of ether oxygens (including phenoxy) is 1. The largest absolute Gasteiger partial charge is 0.458 e. The molecule has 4 heteroatoms. The summed E-state index contributed by atoms with van der Waals surface area (Å²) in [6, 6.07) is 8.48. The molecule has 1 N–H and O–H groups in total. The van der Waals surface area contributed by atoms with Gasteiger partial charge in [0.25, 0.3) is 0 Å². The number of hydrogen-bond donors (Lipinski definition) is 1. The highest BCUT2D eigenvalue weighted by Crippen LogP contribution is 2.35. The number of H-pyrrole nitrogens is 1. The SMILES string of the molecule is CCc1ccc([C@H]2CC(=O)c3c([nH]c(C(=O)OC(C)C)c3C)C2)cc1. The Morgan fingerprint density at radius 1 is 1.24 bits per heavy atom. The lowest BCUT2D eigenvalue weighted by Gasteiger charge is -2.22. The predicted octanol–water partition coefficient (Wildman–Crippen LogP) is 4.36. The number of esters is 1. The maximum absolute atomic E-state index is 12.7. The van der Waals surface area contributed by atoms with Gasteiger partial charge in [-0.05, 0) is 56.2 Å². The molecule has 1 heterocycles. The second kappa shape index (κ2) is 6.87. The molecular formula is C21H25NO3. The number of ketones is 1. The van der Waals surface area contributed by atoms with Crippen LogP contribution >= 0.6 is 0 Å². The molecule has 0 radical (unpaired) electrons. The summed E-state index contributed by atoms with van der Waals surface area (Å²) in [4.78, 5) is 28.1. The van der Waals surface area contributed by atoms with Crippen LogP contribution in [0.4, 0.5) is 0 Å². The van der Waals surface area contributed by atoms with Crippen molar-refractivity contribution >= 4 is 11.8 Å². The molecule has 1 aromatic heterocycles. The fourth-order valence-corrected chi connectivity index (χ4v) is 3.57. The summed E-state index contributed by atoms with van der Waals surface area (Å²) < 4.78 is 5.29. The first-order valence-electron chi connectivity index (χ1n) is 8.95. The van der Waals surface area contributed by atoms with Gasteiger partial charge in [-0.25, -0.2) is 4.79 Å². The van der Waals surface area contributed by atoms with Crippen molar-refractivity contribution in [1.29, 1.82) is 0 Å². The normalized spacial score (nSPS) is 16.8. The maximum Gasteiger partial charge on any atom is 0.355 e. The van der Waals surface area contributed by atoms with Crippen molar-refractivity contribution in [2.45, 2.75) is 59.0 Å². The van der Waals surface area contributed by atoms with Gasteiger partial charge in [-0.1, -0.05) is 31.2 Å². The van der Waals surface area contributed by atoms with Crippen LogP contribution in [0.2, 0.25) is 0 Å². The predicted molar refractivity (Wildman–Crippen MR) is 97.3 cm³/mol. The number of rotatable bonds is 4. The number of carbonyl (C=O) groups is 2. The zero-order valence-electron chi connectivity index (χ0n) is 15.3. The Bertz CT molecular complexity index is 799. The molecule has 0 saturated carbocycles. The van der Waals surface area contributed by atoms with E-state index in [4.69, 9.17) is 4.74 Å². The number of Topliss-reactive ketones (excluding diaryl/α,β-unsaturated/α-hetero) is 1. The zero-order chi connectivity index (χ0) is 18.1. The maximum atomic E-state index is 12.7. The van der Waals surface area contributed by atoms with Crippen molar-refractivity contribution in [1.82, 2.24) is 4.98 Å². The average molecular weight is 339 g/mol. The van der Waals surface area contributed by atoms with Crippen LogP contribution in [0, 0.1) is 6.92 Å². The first-order valence-corrected chi connectivity index (χ1v) is 8.95. The smallest absolute Gasteiger partial charge is 0.355 e. The van der Waals surface area contributed by atoms with E-state index in [1.54, 1.807) is 0 Å². The molecule has 1 aliphatic rings. The van der Waals surface area contributed by atoms with Gasteiger partial charge in [0.1, 0.15) is 5.69 Å². The van der Waals surface area contributed by atoms with Crippen LogP contribution in [0.25, 0.3) is 0 Å². The molecule has 25 heavy (non-hydrogen) atoms. The van der Waals surface area contributed by atoms with E-state index in [-0.39, 0.29) is 17.8 Å². The molecule has 0 unspecified atom stereocenters. The van der Waals surface area contributed by atoms with Crippen LogP contribution < -0.4 is 0 Å². The first kappa shape index (κ1) is 17.5. The quantitative estimate of drug-likeness (QED) is 0.842. The Hall–Kier alpha value is -2.36. The fourth-order valence-electron chi connectivity index (χ4n) is 3.57. The van der Waals surface area contributed by atoms with E-state index in [0.717, 1.165) is 18.5 Å². The van der Waals surface area contributed by atoms with Gasteiger partial charge in [0.05, 0.1) is 6.10 Å². The Morgan fingerprint density at radius 3 is 2.52 bits per heavy atom. The topological polar surface area (TPSA) is 59.2 Å². The molecule has 0 fully saturated rings. The molecule has 0 saturated heterocycles. The number of nitrogens with one attached hydrogen (secondary N) is 1. The lowest BCUT2D eigenvalue weighted by molar-refractivity contribution is 0.0370. The van der Waals surface area contributed by atoms with E-state index < -0.39 is 5.97 Å². The zero-order valence-corrected chi connectivity index (χ0v) is 15.3. The monoisotopic (exact) mass is 339 g/mol. The molecule has 2 aromatic rings. The third-order valence-electron chi connectivity index (χ3n) is 4.90. The summed E-state index contributed by atoms with van der Waals surface area (Å²) in [5.41, 5.74) is 5.13. The molecule has 0 spiro atoms. The van der Waals surface area contributed by atoms with Crippen molar-refractivity contribution in [3.63, 3.8) is 0 Å². The molecule has 0 aliphatic heterocycles. The van der Waals surface area contributed by atoms with Crippen molar-refractivity contribution in [2.24, 2.45) is 0 Å². The Morgan fingerprint density at radius 2 is 1.92 bits per heavy atom. The number of hydrogen-bond acceptors (Lipinski definition) is 3. The van der Waals surface area contributed by atoms with E-state index in [1.807, 2.05) is 20.8 Å². The highest BCUT2D eigenvalue weighted by Gasteiger charge is 2.32. The number of aromatic nitrogens is 1. The Kier molecular flexibility index (Phi) is 4.80. The van der Waals surface area contributed by atoms with Crippen molar-refractivity contribution < 1.29 is 14.3 Å². The summed E-state index contributed by atoms with van der Waals surface area (Å²) in [6.45, 7) is 7.58. The van der Waals surface area contributed by atoms with Crippen LogP contribution in [-0.4, -0.2) is 22.8 Å². The van der Waals surface area contributed by atoms with E-state index in [9.17, 15) is 9.59 Å². The summed E-state index contributed by atoms with van der Waals surface area (Å²) in [5, 5.41) is 0. The second-order valence-electron chi connectivity index (χ2n) is 7.06. The van der Waals surface area contributed by atoms with Gasteiger partial charge in [-0.3, -0.25) is 4.79 Å². The molecule has 0 bridgehead atoms. The molecule has 0 amide bonds.